The lowest BCUT2D eigenvalue weighted by atomic mass is 10.1. The van der Waals surface area contributed by atoms with Gasteiger partial charge in [0.05, 0.1) is 18.8 Å². The summed E-state index contributed by atoms with van der Waals surface area (Å²) in [5.41, 5.74) is 1.47. The van der Waals surface area contributed by atoms with Crippen LogP contribution in [0.4, 0.5) is 0 Å². The van der Waals surface area contributed by atoms with E-state index in [0.717, 1.165) is 11.7 Å². The highest BCUT2D eigenvalue weighted by Crippen LogP contribution is 2.58. The molecular formula is C27H23BrClO2P. The van der Waals surface area contributed by atoms with Crippen LogP contribution in [0.1, 0.15) is 15.9 Å². The number of carbonyl (C=O) groups excluding carboxylic acids is 1. The molecular weight excluding hydrogens is 503 g/mol. The molecule has 162 valence electrons. The van der Waals surface area contributed by atoms with E-state index in [2.05, 4.69) is 72.8 Å². The quantitative estimate of drug-likeness (QED) is 0.286. The zero-order valence-electron chi connectivity index (χ0n) is 17.6. The number of hydrogen-bond donors (Lipinski definition) is 0. The monoisotopic (exact) mass is 524 g/mol. The van der Waals surface area contributed by atoms with Crippen molar-refractivity contribution in [1.29, 1.82) is 0 Å². The average molecular weight is 526 g/mol. The molecule has 32 heavy (non-hydrogen) atoms. The van der Waals surface area contributed by atoms with Crippen LogP contribution in [0.25, 0.3) is 0 Å². The number of esters is 1. The third-order valence-corrected chi connectivity index (χ3v) is 10.2. The Balaban J connectivity index is 0.00000289. The first kappa shape index (κ1) is 24.2. The third kappa shape index (κ3) is 4.81. The van der Waals surface area contributed by atoms with Crippen molar-refractivity contribution >= 4 is 40.7 Å². The number of benzene rings is 4. The minimum Gasteiger partial charge on any atom is -1.00 e. The van der Waals surface area contributed by atoms with Gasteiger partial charge in [-0.15, -0.1) is 0 Å². The first-order valence-electron chi connectivity index (χ1n) is 10.1. The molecule has 0 N–H and O–H groups in total. The van der Waals surface area contributed by atoms with Crippen LogP contribution in [0.5, 0.6) is 0 Å². The van der Waals surface area contributed by atoms with Crippen LogP contribution in [-0.4, -0.2) is 13.1 Å². The Hall–Kier alpha value is -2.45. The summed E-state index contributed by atoms with van der Waals surface area (Å²) in [6.45, 7) is 0. The predicted molar refractivity (Wildman–Crippen MR) is 132 cm³/mol. The maximum atomic E-state index is 12.0. The number of halogens is 2. The van der Waals surface area contributed by atoms with E-state index in [0.29, 0.717) is 10.6 Å². The van der Waals surface area contributed by atoms with Gasteiger partial charge < -0.3 is 21.7 Å². The molecule has 4 rings (SSSR count). The summed E-state index contributed by atoms with van der Waals surface area (Å²) in [5, 5.41) is 4.46. The van der Waals surface area contributed by atoms with Gasteiger partial charge >= 0.3 is 5.97 Å². The van der Waals surface area contributed by atoms with E-state index in [9.17, 15) is 4.79 Å². The van der Waals surface area contributed by atoms with Gasteiger partial charge in [-0.2, -0.15) is 0 Å². The van der Waals surface area contributed by atoms with E-state index in [1.165, 1.54) is 23.0 Å². The molecule has 0 radical (unpaired) electrons. The molecule has 0 spiro atoms. The Bertz CT molecular complexity index is 1070. The molecule has 0 atom stereocenters. The summed E-state index contributed by atoms with van der Waals surface area (Å²) in [4.78, 5) is 12.0. The molecule has 0 fully saturated rings. The number of carbonyl (C=O) groups is 1. The fourth-order valence-corrected chi connectivity index (χ4v) is 8.56. The van der Waals surface area contributed by atoms with E-state index < -0.39 is 7.26 Å². The lowest BCUT2D eigenvalue weighted by molar-refractivity contribution is -0.0000205. The highest BCUT2D eigenvalue weighted by Gasteiger charge is 2.45. The first-order valence-corrected chi connectivity index (χ1v) is 12.4. The fourth-order valence-electron chi connectivity index (χ4n) is 3.94. The predicted octanol–water partition coefficient (Wildman–Crippen LogP) is 2.62. The molecule has 0 heterocycles. The lowest BCUT2D eigenvalue weighted by Gasteiger charge is -2.28. The number of rotatable bonds is 6. The molecule has 4 aromatic rings. The maximum absolute atomic E-state index is 12.0. The minimum atomic E-state index is -2.05. The van der Waals surface area contributed by atoms with Crippen LogP contribution >= 0.6 is 18.9 Å². The molecule has 0 saturated carbocycles. The summed E-state index contributed by atoms with van der Waals surface area (Å²) in [6, 6.07) is 37.4. The Morgan fingerprint density at radius 1 is 0.750 bits per heavy atom. The Kier molecular flexibility index (Phi) is 8.26. The Labute approximate surface area is 205 Å². The lowest BCUT2D eigenvalue weighted by Crippen LogP contribution is -3.00. The molecule has 2 nitrogen and oxygen atoms in total. The second-order valence-electron chi connectivity index (χ2n) is 7.27. The van der Waals surface area contributed by atoms with E-state index >= 15 is 0 Å². The normalized spacial score (nSPS) is 10.8. The minimum absolute atomic E-state index is 0. The molecule has 0 aliphatic heterocycles. The molecule has 0 aliphatic carbocycles. The molecule has 4 aromatic carbocycles. The average Bonchev–Trinajstić information content (AvgIpc) is 2.84. The Morgan fingerprint density at radius 2 is 1.19 bits per heavy atom. The van der Waals surface area contributed by atoms with Crippen molar-refractivity contribution in [3.8, 4) is 0 Å². The van der Waals surface area contributed by atoms with Crippen molar-refractivity contribution in [3.05, 3.63) is 125 Å². The Morgan fingerprint density at radius 3 is 1.56 bits per heavy atom. The second kappa shape index (κ2) is 10.9. The summed E-state index contributed by atoms with van der Waals surface area (Å²) in [6.07, 6.45) is 0.755. The van der Waals surface area contributed by atoms with Gasteiger partial charge in [0.1, 0.15) is 23.2 Å². The summed E-state index contributed by atoms with van der Waals surface area (Å²) < 4.78 is 4.85. The molecule has 0 aliphatic rings. The van der Waals surface area contributed by atoms with Gasteiger partial charge in [0.15, 0.2) is 0 Å². The summed E-state index contributed by atoms with van der Waals surface area (Å²) >= 11 is 6.71. The fraction of sp³-hybridized carbons (Fsp3) is 0.0741. The zero-order valence-corrected chi connectivity index (χ0v) is 20.9. The van der Waals surface area contributed by atoms with Gasteiger partial charge in [0.2, 0.25) is 0 Å². The van der Waals surface area contributed by atoms with Crippen molar-refractivity contribution in [3.63, 3.8) is 0 Å². The molecule has 0 aromatic heterocycles. The SMILES string of the molecule is COC(=O)c1ccc(C[P+](c2ccccc2)(c2ccccc2)c2ccccc2)c(Cl)c1.[Br-]. The van der Waals surface area contributed by atoms with Crippen LogP contribution in [-0.2, 0) is 10.9 Å². The standard InChI is InChI=1S/C27H23ClO2P.BrH/c1-30-27(29)21-17-18-22(26(28)19-21)20-31(23-11-5-2-6-12-23,24-13-7-3-8-14-24)25-15-9-4-10-16-25;/h2-19H,20H2,1H3;1H/q+1;/p-1. The summed E-state index contributed by atoms with van der Waals surface area (Å²) in [5.74, 6) is -0.385. The van der Waals surface area contributed by atoms with Gasteiger partial charge in [-0.05, 0) is 48.5 Å². The van der Waals surface area contributed by atoms with Crippen molar-refractivity contribution in [2.45, 2.75) is 6.16 Å². The maximum Gasteiger partial charge on any atom is 0.337 e. The highest BCUT2D eigenvalue weighted by molar-refractivity contribution is 7.95. The van der Waals surface area contributed by atoms with Gasteiger partial charge in [-0.3, -0.25) is 0 Å². The van der Waals surface area contributed by atoms with Gasteiger partial charge in [0.25, 0.3) is 0 Å². The van der Waals surface area contributed by atoms with Crippen molar-refractivity contribution < 1.29 is 26.5 Å². The number of ether oxygens (including phenoxy) is 1. The van der Waals surface area contributed by atoms with Crippen LogP contribution in [0, 0.1) is 0 Å². The number of methoxy groups -OCH3 is 1. The second-order valence-corrected chi connectivity index (χ2v) is 11.2. The van der Waals surface area contributed by atoms with Crippen LogP contribution in [0.2, 0.25) is 5.02 Å². The number of hydrogen-bond acceptors (Lipinski definition) is 2. The van der Waals surface area contributed by atoms with Crippen LogP contribution in [0.3, 0.4) is 0 Å². The molecule has 0 bridgehead atoms. The molecule has 0 amide bonds. The van der Waals surface area contributed by atoms with Crippen LogP contribution < -0.4 is 32.9 Å². The molecule has 0 unspecified atom stereocenters. The third-order valence-electron chi connectivity index (χ3n) is 5.47. The zero-order chi connectivity index (χ0) is 21.7. The largest absolute Gasteiger partial charge is 1.00 e. The van der Waals surface area contributed by atoms with E-state index in [1.54, 1.807) is 12.1 Å². The molecule has 0 saturated heterocycles. The summed E-state index contributed by atoms with van der Waals surface area (Å²) in [7, 11) is -0.673. The van der Waals surface area contributed by atoms with E-state index in [1.807, 2.05) is 24.3 Å². The highest BCUT2D eigenvalue weighted by atomic mass is 79.9. The van der Waals surface area contributed by atoms with Gasteiger partial charge in [-0.1, -0.05) is 72.3 Å². The van der Waals surface area contributed by atoms with Gasteiger partial charge in [-0.25, -0.2) is 4.79 Å². The topological polar surface area (TPSA) is 26.3 Å². The van der Waals surface area contributed by atoms with Crippen molar-refractivity contribution in [1.82, 2.24) is 0 Å². The van der Waals surface area contributed by atoms with E-state index in [4.69, 9.17) is 16.3 Å². The van der Waals surface area contributed by atoms with Crippen LogP contribution in [0.15, 0.2) is 109 Å². The molecule has 5 heteroatoms. The smallest absolute Gasteiger partial charge is 0.337 e. The van der Waals surface area contributed by atoms with Gasteiger partial charge in [0, 0.05) is 10.6 Å². The van der Waals surface area contributed by atoms with E-state index in [-0.39, 0.29) is 23.0 Å². The first-order chi connectivity index (χ1) is 15.1. The van der Waals surface area contributed by atoms with Crippen molar-refractivity contribution in [2.75, 3.05) is 7.11 Å². The van der Waals surface area contributed by atoms with Crippen molar-refractivity contribution in [2.24, 2.45) is 0 Å².